The summed E-state index contributed by atoms with van der Waals surface area (Å²) in [5.74, 6) is 0. The molecule has 0 atom stereocenters. The van der Waals surface area contributed by atoms with E-state index in [2.05, 4.69) is 15.6 Å². The van der Waals surface area contributed by atoms with Gasteiger partial charge in [-0.3, -0.25) is 0 Å². The van der Waals surface area contributed by atoms with Crippen LogP contribution in [0.25, 0.3) is 10.9 Å². The molecule has 0 unspecified atom stereocenters. The third-order valence-corrected chi connectivity index (χ3v) is 2.68. The van der Waals surface area contributed by atoms with Crippen LogP contribution in [0.5, 0.6) is 0 Å². The summed E-state index contributed by atoms with van der Waals surface area (Å²) in [6.45, 7) is 1.45. The third-order valence-electron chi connectivity index (χ3n) is 2.68. The number of carbonyl (C=O) groups excluding carboxylic acids is 1. The van der Waals surface area contributed by atoms with Gasteiger partial charge in [0.05, 0.1) is 5.69 Å². The topological polar surface area (TPSA) is 60.2 Å². The normalized spacial score (nSPS) is 10.8. The lowest BCUT2D eigenvalue weighted by atomic mass is 10.2. The Hall–Kier alpha value is -2.01. The molecule has 0 bridgehead atoms. The number of hydrogen-bond acceptors (Lipinski definition) is 2. The highest BCUT2D eigenvalue weighted by Gasteiger charge is 2.06. The Labute approximate surface area is 106 Å². The summed E-state index contributed by atoms with van der Waals surface area (Å²) < 4.78 is 0. The number of benzene rings is 1. The molecule has 0 fully saturated rings. The van der Waals surface area contributed by atoms with Crippen LogP contribution in [0.4, 0.5) is 10.5 Å². The molecule has 2 rings (SSSR count). The van der Waals surface area contributed by atoms with Gasteiger partial charge < -0.3 is 20.5 Å². The number of para-hydroxylation sites is 1. The monoisotopic (exact) mass is 246 g/mol. The highest BCUT2D eigenvalue weighted by Crippen LogP contribution is 2.22. The van der Waals surface area contributed by atoms with Gasteiger partial charge in [-0.05, 0) is 20.2 Å². The first-order chi connectivity index (χ1) is 8.66. The zero-order valence-corrected chi connectivity index (χ0v) is 10.7. The minimum absolute atomic E-state index is 0.179. The quantitative estimate of drug-likeness (QED) is 0.771. The molecule has 1 heterocycles. The van der Waals surface area contributed by atoms with Gasteiger partial charge in [-0.15, -0.1) is 0 Å². The summed E-state index contributed by atoms with van der Waals surface area (Å²) in [5.41, 5.74) is 1.81. The van der Waals surface area contributed by atoms with Crippen LogP contribution in [0.2, 0.25) is 0 Å². The van der Waals surface area contributed by atoms with Crippen molar-refractivity contribution in [2.24, 2.45) is 0 Å². The Morgan fingerprint density at radius 1 is 1.33 bits per heavy atom. The zero-order valence-electron chi connectivity index (χ0n) is 10.7. The van der Waals surface area contributed by atoms with Crippen molar-refractivity contribution in [2.45, 2.75) is 0 Å². The van der Waals surface area contributed by atoms with Crippen LogP contribution in [0.15, 0.2) is 30.5 Å². The number of aromatic nitrogens is 1. The maximum Gasteiger partial charge on any atom is 0.319 e. The maximum atomic E-state index is 11.7. The van der Waals surface area contributed by atoms with Gasteiger partial charge in [0, 0.05) is 30.2 Å². The minimum atomic E-state index is -0.179. The Morgan fingerprint density at radius 3 is 2.89 bits per heavy atom. The molecule has 5 heteroatoms. The molecule has 0 saturated carbocycles. The molecule has 0 saturated heterocycles. The molecule has 0 radical (unpaired) electrons. The lowest BCUT2D eigenvalue weighted by Crippen LogP contribution is -2.34. The molecule has 0 spiro atoms. The number of rotatable bonds is 4. The Morgan fingerprint density at radius 2 is 2.11 bits per heavy atom. The van der Waals surface area contributed by atoms with E-state index in [0.29, 0.717) is 6.54 Å². The van der Waals surface area contributed by atoms with Crippen molar-refractivity contribution < 1.29 is 4.79 Å². The van der Waals surface area contributed by atoms with Crippen LogP contribution in [-0.2, 0) is 0 Å². The molecule has 1 aromatic carbocycles. The fourth-order valence-electron chi connectivity index (χ4n) is 1.73. The van der Waals surface area contributed by atoms with Crippen LogP contribution in [0, 0.1) is 0 Å². The second kappa shape index (κ2) is 5.55. The van der Waals surface area contributed by atoms with Crippen molar-refractivity contribution in [2.75, 3.05) is 32.5 Å². The predicted octanol–water partition coefficient (Wildman–Crippen LogP) is 1.85. The van der Waals surface area contributed by atoms with E-state index in [4.69, 9.17) is 0 Å². The van der Waals surface area contributed by atoms with E-state index in [9.17, 15) is 4.79 Å². The molecule has 18 heavy (non-hydrogen) atoms. The molecule has 0 aliphatic carbocycles. The molecule has 2 aromatic rings. The zero-order chi connectivity index (χ0) is 13.0. The van der Waals surface area contributed by atoms with Crippen molar-refractivity contribution >= 4 is 22.6 Å². The number of likely N-dealkylation sites (N-methyl/N-ethyl adjacent to an activating group) is 1. The van der Waals surface area contributed by atoms with Gasteiger partial charge in [0.2, 0.25) is 0 Å². The molecular formula is C13H18N4O. The summed E-state index contributed by atoms with van der Waals surface area (Å²) in [7, 11) is 3.94. The number of amides is 2. The number of aromatic amines is 1. The van der Waals surface area contributed by atoms with Crippen molar-refractivity contribution in [3.05, 3.63) is 30.5 Å². The summed E-state index contributed by atoms with van der Waals surface area (Å²) in [4.78, 5) is 16.8. The molecule has 1 aromatic heterocycles. The number of hydrogen-bond donors (Lipinski definition) is 3. The van der Waals surface area contributed by atoms with Crippen LogP contribution in [0.1, 0.15) is 0 Å². The Bertz CT molecular complexity index is 533. The van der Waals surface area contributed by atoms with Gasteiger partial charge in [0.25, 0.3) is 0 Å². The molecule has 0 aliphatic rings. The highest BCUT2D eigenvalue weighted by atomic mass is 16.2. The first-order valence-corrected chi connectivity index (χ1v) is 5.92. The lowest BCUT2D eigenvalue weighted by Gasteiger charge is -2.10. The third kappa shape index (κ3) is 3.01. The van der Waals surface area contributed by atoms with Gasteiger partial charge >= 0.3 is 6.03 Å². The highest BCUT2D eigenvalue weighted by molar-refractivity contribution is 6.00. The van der Waals surface area contributed by atoms with Crippen LogP contribution in [-0.4, -0.2) is 43.1 Å². The summed E-state index contributed by atoms with van der Waals surface area (Å²) >= 11 is 0. The maximum absolute atomic E-state index is 11.7. The van der Waals surface area contributed by atoms with Crippen molar-refractivity contribution in [1.29, 1.82) is 0 Å². The van der Waals surface area contributed by atoms with E-state index >= 15 is 0 Å². The Kier molecular flexibility index (Phi) is 3.84. The lowest BCUT2D eigenvalue weighted by molar-refractivity contribution is 0.250. The van der Waals surface area contributed by atoms with Crippen molar-refractivity contribution in [3.8, 4) is 0 Å². The average Bonchev–Trinajstić information content (AvgIpc) is 2.72. The van der Waals surface area contributed by atoms with Crippen LogP contribution < -0.4 is 10.6 Å². The number of nitrogens with zero attached hydrogens (tertiary/aromatic N) is 1. The van der Waals surface area contributed by atoms with Gasteiger partial charge in [0.15, 0.2) is 0 Å². The second-order valence-electron chi connectivity index (χ2n) is 4.43. The minimum Gasteiger partial charge on any atom is -0.359 e. The fraction of sp³-hybridized carbons (Fsp3) is 0.308. The Balaban J connectivity index is 1.95. The number of carbonyl (C=O) groups is 1. The fourth-order valence-corrected chi connectivity index (χ4v) is 1.73. The number of H-pyrrole nitrogens is 1. The number of urea groups is 1. The van der Waals surface area contributed by atoms with E-state index in [1.54, 1.807) is 6.20 Å². The van der Waals surface area contributed by atoms with E-state index in [1.165, 1.54) is 0 Å². The molecule has 5 nitrogen and oxygen atoms in total. The number of nitrogens with one attached hydrogen (secondary N) is 3. The predicted molar refractivity (Wildman–Crippen MR) is 73.9 cm³/mol. The van der Waals surface area contributed by atoms with E-state index in [1.807, 2.05) is 43.3 Å². The van der Waals surface area contributed by atoms with E-state index in [0.717, 1.165) is 23.1 Å². The van der Waals surface area contributed by atoms with Gasteiger partial charge in [-0.2, -0.15) is 0 Å². The first-order valence-electron chi connectivity index (χ1n) is 5.92. The summed E-state index contributed by atoms with van der Waals surface area (Å²) in [6.07, 6.45) is 1.80. The summed E-state index contributed by atoms with van der Waals surface area (Å²) in [6, 6.07) is 7.68. The molecule has 3 N–H and O–H groups in total. The largest absolute Gasteiger partial charge is 0.359 e. The van der Waals surface area contributed by atoms with Gasteiger partial charge in [0.1, 0.15) is 0 Å². The van der Waals surface area contributed by atoms with Crippen molar-refractivity contribution in [3.63, 3.8) is 0 Å². The molecule has 0 aliphatic heterocycles. The molecular weight excluding hydrogens is 228 g/mol. The van der Waals surface area contributed by atoms with Crippen LogP contribution >= 0.6 is 0 Å². The molecule has 96 valence electrons. The molecule has 2 amide bonds. The average molecular weight is 246 g/mol. The smallest absolute Gasteiger partial charge is 0.319 e. The number of fused-ring (bicyclic) bond motifs is 1. The van der Waals surface area contributed by atoms with Crippen molar-refractivity contribution in [1.82, 2.24) is 15.2 Å². The standard InChI is InChI=1S/C13H18N4O/c1-17(2)8-7-14-13(18)16-12-9-15-11-6-4-3-5-10(11)12/h3-6,9,15H,7-8H2,1-2H3,(H2,14,16,18). The second-order valence-corrected chi connectivity index (χ2v) is 4.43. The van der Waals surface area contributed by atoms with Gasteiger partial charge in [-0.25, -0.2) is 4.79 Å². The first kappa shape index (κ1) is 12.4. The van der Waals surface area contributed by atoms with E-state index < -0.39 is 0 Å². The number of anilines is 1. The van der Waals surface area contributed by atoms with Gasteiger partial charge in [-0.1, -0.05) is 18.2 Å². The SMILES string of the molecule is CN(C)CCNC(=O)Nc1c[nH]c2ccccc12. The summed E-state index contributed by atoms with van der Waals surface area (Å²) in [5, 5.41) is 6.66. The van der Waals surface area contributed by atoms with Crippen LogP contribution in [0.3, 0.4) is 0 Å². The van der Waals surface area contributed by atoms with E-state index in [-0.39, 0.29) is 6.03 Å².